The van der Waals surface area contributed by atoms with Gasteiger partial charge in [-0.1, -0.05) is 12.1 Å². The van der Waals surface area contributed by atoms with E-state index < -0.39 is 22.1 Å². The summed E-state index contributed by atoms with van der Waals surface area (Å²) < 4.78 is 32.0. The van der Waals surface area contributed by atoms with Crippen LogP contribution in [0.25, 0.3) is 0 Å². The van der Waals surface area contributed by atoms with Gasteiger partial charge in [0.2, 0.25) is 5.91 Å². The number of amides is 1. The standard InChI is InChI=1S/C17H25N3O5S/c1-4-25-17(22)14-9-5-6-10-15(14)18-16(21)13-8-7-11-20(12-13)26(23,24)19(2)3/h5-6,9-10,13H,4,7-8,11-12H2,1-3H3,(H,18,21). The highest BCUT2D eigenvalue weighted by Crippen LogP contribution is 2.23. The molecular weight excluding hydrogens is 358 g/mol. The van der Waals surface area contributed by atoms with Crippen molar-refractivity contribution in [1.29, 1.82) is 0 Å². The fourth-order valence-corrected chi connectivity index (χ4v) is 4.00. The molecule has 1 aliphatic rings. The molecule has 1 fully saturated rings. The Labute approximate surface area is 154 Å². The van der Waals surface area contributed by atoms with Crippen LogP contribution in [0.1, 0.15) is 30.1 Å². The summed E-state index contributed by atoms with van der Waals surface area (Å²) in [5.41, 5.74) is 0.639. The Morgan fingerprint density at radius 1 is 1.31 bits per heavy atom. The van der Waals surface area contributed by atoms with Crippen molar-refractivity contribution in [3.05, 3.63) is 29.8 Å². The Morgan fingerprint density at radius 3 is 2.65 bits per heavy atom. The van der Waals surface area contributed by atoms with E-state index in [-0.39, 0.29) is 24.6 Å². The number of rotatable bonds is 6. The smallest absolute Gasteiger partial charge is 0.340 e. The molecule has 1 aromatic carbocycles. The lowest BCUT2D eigenvalue weighted by Gasteiger charge is -2.32. The first-order chi connectivity index (χ1) is 12.3. The molecule has 0 aliphatic carbocycles. The average molecular weight is 383 g/mol. The quantitative estimate of drug-likeness (QED) is 0.748. The fourth-order valence-electron chi connectivity index (χ4n) is 2.81. The Hall–Kier alpha value is -1.97. The molecule has 0 bridgehead atoms. The van der Waals surface area contributed by atoms with Gasteiger partial charge in [-0.05, 0) is 31.9 Å². The first-order valence-corrected chi connectivity index (χ1v) is 9.91. The molecular formula is C17H25N3O5S. The number of piperidine rings is 1. The van der Waals surface area contributed by atoms with Crippen molar-refractivity contribution in [2.45, 2.75) is 19.8 Å². The van der Waals surface area contributed by atoms with Crippen LogP contribution in [-0.2, 0) is 19.7 Å². The van der Waals surface area contributed by atoms with Gasteiger partial charge < -0.3 is 10.1 Å². The van der Waals surface area contributed by atoms with Crippen LogP contribution in [0.5, 0.6) is 0 Å². The van der Waals surface area contributed by atoms with Gasteiger partial charge >= 0.3 is 5.97 Å². The highest BCUT2D eigenvalue weighted by atomic mass is 32.2. The van der Waals surface area contributed by atoms with E-state index in [9.17, 15) is 18.0 Å². The average Bonchev–Trinajstić information content (AvgIpc) is 2.62. The second-order valence-electron chi connectivity index (χ2n) is 6.24. The van der Waals surface area contributed by atoms with Crippen molar-refractivity contribution in [3.8, 4) is 0 Å². The molecule has 0 spiro atoms. The van der Waals surface area contributed by atoms with Gasteiger partial charge in [-0.25, -0.2) is 4.79 Å². The molecule has 8 nitrogen and oxygen atoms in total. The van der Waals surface area contributed by atoms with E-state index >= 15 is 0 Å². The second kappa shape index (κ2) is 8.61. The number of anilines is 1. The monoisotopic (exact) mass is 383 g/mol. The van der Waals surface area contributed by atoms with Crippen LogP contribution in [0.4, 0.5) is 5.69 Å². The molecule has 0 radical (unpaired) electrons. The molecule has 1 atom stereocenters. The molecule has 144 valence electrons. The summed E-state index contributed by atoms with van der Waals surface area (Å²) in [6.07, 6.45) is 1.19. The first kappa shape index (κ1) is 20.3. The predicted octanol–water partition coefficient (Wildman–Crippen LogP) is 1.32. The van der Waals surface area contributed by atoms with Gasteiger partial charge in [0.05, 0.1) is 23.8 Å². The predicted molar refractivity (Wildman–Crippen MR) is 97.9 cm³/mol. The Kier molecular flexibility index (Phi) is 6.74. The lowest BCUT2D eigenvalue weighted by atomic mass is 9.98. The topological polar surface area (TPSA) is 96.0 Å². The number of para-hydroxylation sites is 1. The number of nitrogens with one attached hydrogen (secondary N) is 1. The first-order valence-electron chi connectivity index (χ1n) is 8.52. The van der Waals surface area contributed by atoms with Crippen LogP contribution < -0.4 is 5.32 Å². The zero-order chi connectivity index (χ0) is 19.3. The van der Waals surface area contributed by atoms with Gasteiger partial charge in [0.1, 0.15) is 0 Å². The Balaban J connectivity index is 2.12. The zero-order valence-corrected chi connectivity index (χ0v) is 16.1. The van der Waals surface area contributed by atoms with Crippen molar-refractivity contribution in [3.63, 3.8) is 0 Å². The van der Waals surface area contributed by atoms with E-state index in [1.165, 1.54) is 18.4 Å². The Morgan fingerprint density at radius 2 is 2.00 bits per heavy atom. The van der Waals surface area contributed by atoms with Crippen molar-refractivity contribution >= 4 is 27.8 Å². The molecule has 1 unspecified atom stereocenters. The maximum Gasteiger partial charge on any atom is 0.340 e. The summed E-state index contributed by atoms with van der Waals surface area (Å²) in [6, 6.07) is 6.61. The summed E-state index contributed by atoms with van der Waals surface area (Å²) in [7, 11) is -0.622. The van der Waals surface area contributed by atoms with E-state index in [1.54, 1.807) is 31.2 Å². The lowest BCUT2D eigenvalue weighted by Crippen LogP contribution is -2.47. The number of carbonyl (C=O) groups excluding carboxylic acids is 2. The molecule has 1 aromatic rings. The summed E-state index contributed by atoms with van der Waals surface area (Å²) in [5, 5.41) is 2.75. The summed E-state index contributed by atoms with van der Waals surface area (Å²) in [6.45, 7) is 2.46. The summed E-state index contributed by atoms with van der Waals surface area (Å²) >= 11 is 0. The normalized spacial score (nSPS) is 18.5. The van der Waals surface area contributed by atoms with Crippen LogP contribution in [0, 0.1) is 5.92 Å². The van der Waals surface area contributed by atoms with Crippen LogP contribution in [0.15, 0.2) is 24.3 Å². The van der Waals surface area contributed by atoms with Crippen molar-refractivity contribution in [2.24, 2.45) is 5.92 Å². The number of hydrogen-bond donors (Lipinski definition) is 1. The maximum atomic E-state index is 12.6. The number of hydrogen-bond acceptors (Lipinski definition) is 5. The lowest BCUT2D eigenvalue weighted by molar-refractivity contribution is -0.120. The largest absolute Gasteiger partial charge is 0.462 e. The van der Waals surface area contributed by atoms with E-state index in [1.807, 2.05) is 0 Å². The number of benzene rings is 1. The molecule has 1 amide bonds. The minimum Gasteiger partial charge on any atom is -0.462 e. The molecule has 1 aliphatic heterocycles. The van der Waals surface area contributed by atoms with Gasteiger partial charge in [-0.3, -0.25) is 4.79 Å². The zero-order valence-electron chi connectivity index (χ0n) is 15.3. The maximum absolute atomic E-state index is 12.6. The second-order valence-corrected chi connectivity index (χ2v) is 8.39. The molecule has 0 aromatic heterocycles. The molecule has 0 saturated carbocycles. The number of carbonyl (C=O) groups is 2. The summed E-state index contributed by atoms with van der Waals surface area (Å²) in [4.78, 5) is 24.7. The van der Waals surface area contributed by atoms with Gasteiger partial charge in [-0.2, -0.15) is 17.0 Å². The van der Waals surface area contributed by atoms with E-state index in [2.05, 4.69) is 5.32 Å². The van der Waals surface area contributed by atoms with Gasteiger partial charge in [0.25, 0.3) is 10.2 Å². The van der Waals surface area contributed by atoms with Crippen LogP contribution >= 0.6 is 0 Å². The van der Waals surface area contributed by atoms with Crippen molar-refractivity contribution < 1.29 is 22.7 Å². The van der Waals surface area contributed by atoms with Gasteiger partial charge in [0.15, 0.2) is 0 Å². The van der Waals surface area contributed by atoms with Crippen LogP contribution in [0.2, 0.25) is 0 Å². The third-order valence-corrected chi connectivity index (χ3v) is 6.13. The number of nitrogens with zero attached hydrogens (tertiary/aromatic N) is 2. The molecule has 26 heavy (non-hydrogen) atoms. The highest BCUT2D eigenvalue weighted by molar-refractivity contribution is 7.86. The molecule has 1 N–H and O–H groups in total. The number of ether oxygens (including phenoxy) is 1. The summed E-state index contributed by atoms with van der Waals surface area (Å²) in [5.74, 6) is -1.29. The fraction of sp³-hybridized carbons (Fsp3) is 0.529. The minimum absolute atomic E-state index is 0.119. The molecule has 1 saturated heterocycles. The SMILES string of the molecule is CCOC(=O)c1ccccc1NC(=O)C1CCCN(S(=O)(=O)N(C)C)C1. The highest BCUT2D eigenvalue weighted by Gasteiger charge is 2.33. The van der Waals surface area contributed by atoms with Crippen molar-refractivity contribution in [1.82, 2.24) is 8.61 Å². The van der Waals surface area contributed by atoms with E-state index in [4.69, 9.17) is 4.74 Å². The molecule has 9 heteroatoms. The third-order valence-electron chi connectivity index (χ3n) is 4.22. The molecule has 1 heterocycles. The van der Waals surface area contributed by atoms with Crippen LogP contribution in [-0.4, -0.2) is 62.7 Å². The van der Waals surface area contributed by atoms with E-state index in [0.717, 1.165) is 4.31 Å². The van der Waals surface area contributed by atoms with E-state index in [0.29, 0.717) is 25.1 Å². The molecule has 2 rings (SSSR count). The number of esters is 1. The van der Waals surface area contributed by atoms with Gasteiger partial charge in [0, 0.05) is 27.2 Å². The van der Waals surface area contributed by atoms with Gasteiger partial charge in [-0.15, -0.1) is 0 Å². The third kappa shape index (κ3) is 4.60. The van der Waals surface area contributed by atoms with Crippen LogP contribution in [0.3, 0.4) is 0 Å². The minimum atomic E-state index is -3.56. The van der Waals surface area contributed by atoms with Crippen molar-refractivity contribution in [2.75, 3.05) is 39.1 Å². The Bertz CT molecular complexity index is 763.